The third-order valence-corrected chi connectivity index (χ3v) is 4.85. The van der Waals surface area contributed by atoms with Crippen molar-refractivity contribution >= 4 is 5.91 Å². The second-order valence-corrected chi connectivity index (χ2v) is 6.56. The summed E-state index contributed by atoms with van der Waals surface area (Å²) in [5.74, 6) is 0.887. The number of aliphatic hydroxyl groups excluding tert-OH is 2. The van der Waals surface area contributed by atoms with Gasteiger partial charge in [-0.25, -0.2) is 0 Å². The zero-order chi connectivity index (χ0) is 16.5. The van der Waals surface area contributed by atoms with Gasteiger partial charge in [0.2, 0.25) is 5.91 Å². The first kappa shape index (κ1) is 18.0. The monoisotopic (exact) mass is 319 g/mol. The largest absolute Gasteiger partial charge is 0.392 e. The summed E-state index contributed by atoms with van der Waals surface area (Å²) in [5.41, 5.74) is 2.58. The highest BCUT2D eigenvalue weighted by atomic mass is 16.3. The van der Waals surface area contributed by atoms with E-state index in [-0.39, 0.29) is 19.1 Å². The van der Waals surface area contributed by atoms with Gasteiger partial charge in [-0.15, -0.1) is 0 Å². The molecule has 0 aromatic heterocycles. The molecule has 1 aliphatic carbocycles. The minimum Gasteiger partial charge on any atom is -0.392 e. The summed E-state index contributed by atoms with van der Waals surface area (Å²) >= 11 is 0. The molecule has 1 fully saturated rings. The highest BCUT2D eigenvalue weighted by Crippen LogP contribution is 2.27. The van der Waals surface area contributed by atoms with Crippen molar-refractivity contribution in [3.8, 4) is 0 Å². The number of benzene rings is 1. The maximum atomic E-state index is 11.9. The maximum absolute atomic E-state index is 11.9. The fourth-order valence-electron chi connectivity index (χ4n) is 3.38. The molecule has 0 aliphatic heterocycles. The summed E-state index contributed by atoms with van der Waals surface area (Å²) in [6, 6.07) is 5.68. The van der Waals surface area contributed by atoms with E-state index in [2.05, 4.69) is 5.32 Å². The Morgan fingerprint density at radius 3 is 2.52 bits per heavy atom. The lowest BCUT2D eigenvalue weighted by atomic mass is 9.86. The number of carbonyl (C=O) groups is 1. The van der Waals surface area contributed by atoms with E-state index >= 15 is 0 Å². The highest BCUT2D eigenvalue weighted by molar-refractivity contribution is 5.75. The van der Waals surface area contributed by atoms with Crippen LogP contribution in [0.25, 0.3) is 0 Å². The smallest absolute Gasteiger partial charge is 0.220 e. The lowest BCUT2D eigenvalue weighted by Crippen LogP contribution is -2.26. The predicted octanol–water partition coefficient (Wildman–Crippen LogP) is 2.69. The Morgan fingerprint density at radius 1 is 1.09 bits per heavy atom. The van der Waals surface area contributed by atoms with Crippen molar-refractivity contribution in [3.63, 3.8) is 0 Å². The molecule has 0 spiro atoms. The second-order valence-electron chi connectivity index (χ2n) is 6.56. The van der Waals surface area contributed by atoms with Crippen LogP contribution in [0.5, 0.6) is 0 Å². The van der Waals surface area contributed by atoms with E-state index in [0.717, 1.165) is 35.4 Å². The van der Waals surface area contributed by atoms with Crippen LogP contribution in [0.3, 0.4) is 0 Å². The predicted molar refractivity (Wildman–Crippen MR) is 90.8 cm³/mol. The van der Waals surface area contributed by atoms with Crippen LogP contribution in [0.1, 0.15) is 61.6 Å². The van der Waals surface area contributed by atoms with Gasteiger partial charge in [0.15, 0.2) is 0 Å². The Bertz CT molecular complexity index is 495. The third kappa shape index (κ3) is 5.96. The van der Waals surface area contributed by atoms with Crippen molar-refractivity contribution < 1.29 is 15.0 Å². The molecule has 2 rings (SSSR count). The van der Waals surface area contributed by atoms with Crippen LogP contribution in [0, 0.1) is 5.92 Å². The quantitative estimate of drug-likeness (QED) is 0.690. The van der Waals surface area contributed by atoms with Gasteiger partial charge >= 0.3 is 0 Å². The third-order valence-electron chi connectivity index (χ3n) is 4.85. The van der Waals surface area contributed by atoms with Gasteiger partial charge in [0.05, 0.1) is 13.2 Å². The molecular formula is C19H29NO3. The van der Waals surface area contributed by atoms with Gasteiger partial charge in [-0.2, -0.15) is 0 Å². The first-order valence-corrected chi connectivity index (χ1v) is 8.82. The lowest BCUT2D eigenvalue weighted by molar-refractivity contribution is -0.121. The maximum Gasteiger partial charge on any atom is 0.220 e. The minimum atomic E-state index is -0.0719. The van der Waals surface area contributed by atoms with Gasteiger partial charge < -0.3 is 15.5 Å². The topological polar surface area (TPSA) is 69.6 Å². The van der Waals surface area contributed by atoms with Gasteiger partial charge in [-0.3, -0.25) is 4.79 Å². The molecule has 4 heteroatoms. The Balaban J connectivity index is 1.68. The van der Waals surface area contributed by atoms with Gasteiger partial charge in [0, 0.05) is 13.0 Å². The lowest BCUT2D eigenvalue weighted by Gasteiger charge is -2.21. The molecule has 1 aromatic carbocycles. The number of carbonyl (C=O) groups excluding carboxylic acids is 1. The molecule has 0 atom stereocenters. The molecule has 0 bridgehead atoms. The van der Waals surface area contributed by atoms with Crippen LogP contribution < -0.4 is 5.32 Å². The van der Waals surface area contributed by atoms with E-state index in [9.17, 15) is 15.0 Å². The Labute approximate surface area is 138 Å². The number of amides is 1. The standard InChI is InChI=1S/C19H29NO3/c21-13-17-8-6-16(12-18(17)14-22)10-11-20-19(23)9-7-15-4-2-1-3-5-15/h6,8,12,15,21-22H,1-5,7,9-11,13-14H2,(H,20,23). The van der Waals surface area contributed by atoms with E-state index < -0.39 is 0 Å². The van der Waals surface area contributed by atoms with Gasteiger partial charge in [0.25, 0.3) is 0 Å². The van der Waals surface area contributed by atoms with Crippen molar-refractivity contribution in [1.29, 1.82) is 0 Å². The normalized spacial score (nSPS) is 15.6. The summed E-state index contributed by atoms with van der Waals surface area (Å²) < 4.78 is 0. The molecular weight excluding hydrogens is 290 g/mol. The SMILES string of the molecule is O=C(CCC1CCCCC1)NCCc1ccc(CO)c(CO)c1. The molecule has 1 aromatic rings. The van der Waals surface area contributed by atoms with Crippen LogP contribution in [0.2, 0.25) is 0 Å². The van der Waals surface area contributed by atoms with Crippen LogP contribution in [-0.2, 0) is 24.4 Å². The second kappa shape index (κ2) is 9.68. The Hall–Kier alpha value is -1.39. The van der Waals surface area contributed by atoms with Crippen molar-refractivity contribution in [1.82, 2.24) is 5.32 Å². The molecule has 1 amide bonds. The Kier molecular flexibility index (Phi) is 7.56. The molecule has 3 N–H and O–H groups in total. The van der Waals surface area contributed by atoms with Crippen LogP contribution in [0.15, 0.2) is 18.2 Å². The van der Waals surface area contributed by atoms with E-state index in [1.165, 1.54) is 32.1 Å². The number of nitrogens with one attached hydrogen (secondary N) is 1. The number of rotatable bonds is 8. The van der Waals surface area contributed by atoms with Crippen LogP contribution in [0.4, 0.5) is 0 Å². The minimum absolute atomic E-state index is 0.0614. The molecule has 0 saturated heterocycles. The molecule has 0 heterocycles. The van der Waals surface area contributed by atoms with Gasteiger partial charge in [-0.05, 0) is 35.4 Å². The molecule has 0 radical (unpaired) electrons. The van der Waals surface area contributed by atoms with Crippen molar-refractivity contribution in [2.75, 3.05) is 6.54 Å². The highest BCUT2D eigenvalue weighted by Gasteiger charge is 2.14. The van der Waals surface area contributed by atoms with Crippen molar-refractivity contribution in [2.24, 2.45) is 5.92 Å². The van der Waals surface area contributed by atoms with Crippen LogP contribution >= 0.6 is 0 Å². The van der Waals surface area contributed by atoms with Crippen LogP contribution in [-0.4, -0.2) is 22.7 Å². The summed E-state index contributed by atoms with van der Waals surface area (Å²) in [6.07, 6.45) is 8.97. The summed E-state index contributed by atoms with van der Waals surface area (Å²) in [7, 11) is 0. The Morgan fingerprint density at radius 2 is 1.83 bits per heavy atom. The number of hydrogen-bond acceptors (Lipinski definition) is 3. The molecule has 128 valence electrons. The average Bonchev–Trinajstić information content (AvgIpc) is 2.60. The molecule has 0 unspecified atom stereocenters. The zero-order valence-electron chi connectivity index (χ0n) is 13.9. The van der Waals surface area contributed by atoms with Crippen molar-refractivity contribution in [2.45, 2.75) is 64.6 Å². The number of hydrogen-bond donors (Lipinski definition) is 3. The molecule has 1 saturated carbocycles. The van der Waals surface area contributed by atoms with E-state index in [0.29, 0.717) is 13.0 Å². The molecule has 1 aliphatic rings. The fourth-order valence-corrected chi connectivity index (χ4v) is 3.38. The first-order valence-electron chi connectivity index (χ1n) is 8.82. The zero-order valence-corrected chi connectivity index (χ0v) is 13.9. The number of aliphatic hydroxyl groups is 2. The fraction of sp³-hybridized carbons (Fsp3) is 0.632. The summed E-state index contributed by atoms with van der Waals surface area (Å²) in [4.78, 5) is 11.9. The summed E-state index contributed by atoms with van der Waals surface area (Å²) in [5, 5.41) is 21.5. The molecule has 4 nitrogen and oxygen atoms in total. The van der Waals surface area contributed by atoms with Gasteiger partial charge in [-0.1, -0.05) is 50.3 Å². The van der Waals surface area contributed by atoms with E-state index in [1.807, 2.05) is 18.2 Å². The summed E-state index contributed by atoms with van der Waals surface area (Å²) in [6.45, 7) is 0.485. The van der Waals surface area contributed by atoms with E-state index in [4.69, 9.17) is 0 Å². The average molecular weight is 319 g/mol. The first-order chi connectivity index (χ1) is 11.2. The van der Waals surface area contributed by atoms with Crippen molar-refractivity contribution in [3.05, 3.63) is 34.9 Å². The van der Waals surface area contributed by atoms with Gasteiger partial charge in [0.1, 0.15) is 0 Å². The molecule has 23 heavy (non-hydrogen) atoms. The van der Waals surface area contributed by atoms with E-state index in [1.54, 1.807) is 0 Å².